The Bertz CT molecular complexity index is 880. The van der Waals surface area contributed by atoms with Crippen molar-refractivity contribution in [1.29, 1.82) is 0 Å². The van der Waals surface area contributed by atoms with Gasteiger partial charge in [0.1, 0.15) is 11.3 Å². The van der Waals surface area contributed by atoms with Gasteiger partial charge in [0.15, 0.2) is 0 Å². The fraction of sp³-hybridized carbons (Fsp3) is 0.368. The van der Waals surface area contributed by atoms with Gasteiger partial charge in [-0.1, -0.05) is 50.1 Å². The lowest BCUT2D eigenvalue weighted by Crippen LogP contribution is -2.21. The van der Waals surface area contributed by atoms with Crippen molar-refractivity contribution in [1.82, 2.24) is 14.5 Å². The molecular weight excluding hydrogens is 300 g/mol. The van der Waals surface area contributed by atoms with Gasteiger partial charge in [0.05, 0.1) is 11.6 Å². The lowest BCUT2D eigenvalue weighted by Gasteiger charge is -2.14. The molecule has 1 atom stereocenters. The fourth-order valence-corrected chi connectivity index (χ4v) is 3.15. The quantitative estimate of drug-likeness (QED) is 0.679. The molecule has 1 aromatic carbocycles. The van der Waals surface area contributed by atoms with E-state index in [-0.39, 0.29) is 11.7 Å². The third-order valence-electron chi connectivity index (χ3n) is 4.50. The molecule has 5 heteroatoms. The number of hydrogen-bond donors (Lipinski definition) is 2. The van der Waals surface area contributed by atoms with Crippen LogP contribution in [0.1, 0.15) is 50.4 Å². The van der Waals surface area contributed by atoms with Gasteiger partial charge in [-0.2, -0.15) is 0 Å². The number of pyridine rings is 1. The summed E-state index contributed by atoms with van der Waals surface area (Å²) >= 11 is 0. The van der Waals surface area contributed by atoms with E-state index in [0.29, 0.717) is 11.3 Å². The van der Waals surface area contributed by atoms with Crippen LogP contribution in [0.2, 0.25) is 0 Å². The lowest BCUT2D eigenvalue weighted by atomic mass is 10.1. The standard InChI is InChI=1S/C19H24N4O/c1-3-4-6-11-15-12-16-17(18(20)21-15)22-19(24)23(16)13(2)14-9-7-5-8-10-14/h5,7-10,12-13H,3-4,6,11H2,1-2H3,(H2,20,21)(H,22,24)/t13-/m1/s1. The number of unbranched alkanes of at least 4 members (excludes halogenated alkanes) is 2. The van der Waals surface area contributed by atoms with Crippen molar-refractivity contribution in [3.63, 3.8) is 0 Å². The lowest BCUT2D eigenvalue weighted by molar-refractivity contribution is 0.635. The minimum absolute atomic E-state index is 0.0715. The number of aromatic nitrogens is 3. The minimum atomic E-state index is -0.152. The molecule has 0 aliphatic carbocycles. The normalized spacial score (nSPS) is 12.6. The van der Waals surface area contributed by atoms with Crippen molar-refractivity contribution in [2.24, 2.45) is 0 Å². The maximum atomic E-state index is 12.5. The van der Waals surface area contributed by atoms with E-state index in [1.807, 2.05) is 43.3 Å². The van der Waals surface area contributed by atoms with Crippen LogP contribution in [-0.4, -0.2) is 14.5 Å². The maximum Gasteiger partial charge on any atom is 0.327 e. The molecule has 0 radical (unpaired) electrons. The van der Waals surface area contributed by atoms with Crippen LogP contribution in [0.5, 0.6) is 0 Å². The zero-order chi connectivity index (χ0) is 17.1. The van der Waals surface area contributed by atoms with Gasteiger partial charge >= 0.3 is 5.69 Å². The van der Waals surface area contributed by atoms with Gasteiger partial charge in [-0.3, -0.25) is 4.57 Å². The van der Waals surface area contributed by atoms with E-state index in [1.165, 1.54) is 6.42 Å². The second-order valence-electron chi connectivity index (χ2n) is 6.24. The number of H-pyrrole nitrogens is 1. The summed E-state index contributed by atoms with van der Waals surface area (Å²) in [7, 11) is 0. The molecular formula is C19H24N4O. The van der Waals surface area contributed by atoms with Crippen molar-refractivity contribution in [2.75, 3.05) is 5.73 Å². The molecule has 0 spiro atoms. The van der Waals surface area contributed by atoms with Crippen LogP contribution in [-0.2, 0) is 6.42 Å². The van der Waals surface area contributed by atoms with Crippen LogP contribution in [0.4, 0.5) is 5.82 Å². The van der Waals surface area contributed by atoms with E-state index in [9.17, 15) is 4.79 Å². The maximum absolute atomic E-state index is 12.5. The Kier molecular flexibility index (Phi) is 4.69. The van der Waals surface area contributed by atoms with E-state index in [1.54, 1.807) is 4.57 Å². The van der Waals surface area contributed by atoms with Crippen LogP contribution >= 0.6 is 0 Å². The zero-order valence-corrected chi connectivity index (χ0v) is 14.2. The molecule has 3 rings (SSSR count). The molecule has 3 N–H and O–H groups in total. The number of benzene rings is 1. The molecule has 0 saturated carbocycles. The van der Waals surface area contributed by atoms with E-state index in [2.05, 4.69) is 16.9 Å². The van der Waals surface area contributed by atoms with Crippen molar-refractivity contribution < 1.29 is 0 Å². The number of aryl methyl sites for hydroxylation is 1. The largest absolute Gasteiger partial charge is 0.382 e. The Morgan fingerprint density at radius 3 is 2.71 bits per heavy atom. The number of aromatic amines is 1. The fourth-order valence-electron chi connectivity index (χ4n) is 3.15. The monoisotopic (exact) mass is 324 g/mol. The summed E-state index contributed by atoms with van der Waals surface area (Å²) in [5.74, 6) is 0.398. The second kappa shape index (κ2) is 6.91. The topological polar surface area (TPSA) is 76.7 Å². The Hall–Kier alpha value is -2.56. The predicted octanol–water partition coefficient (Wildman–Crippen LogP) is 3.65. The molecule has 3 aromatic rings. The number of hydrogen-bond acceptors (Lipinski definition) is 3. The van der Waals surface area contributed by atoms with Crippen LogP contribution in [0.25, 0.3) is 11.0 Å². The molecule has 2 heterocycles. The van der Waals surface area contributed by atoms with Crippen molar-refractivity contribution in [3.05, 3.63) is 58.1 Å². The summed E-state index contributed by atoms with van der Waals surface area (Å²) in [6.07, 6.45) is 4.29. The summed E-state index contributed by atoms with van der Waals surface area (Å²) in [6.45, 7) is 4.20. The van der Waals surface area contributed by atoms with Crippen LogP contribution in [0.15, 0.2) is 41.2 Å². The second-order valence-corrected chi connectivity index (χ2v) is 6.24. The van der Waals surface area contributed by atoms with E-state index >= 15 is 0 Å². The molecule has 126 valence electrons. The first-order chi connectivity index (χ1) is 11.6. The molecule has 2 aromatic heterocycles. The minimum Gasteiger partial charge on any atom is -0.382 e. The SMILES string of the molecule is CCCCCc1cc2c([nH]c(=O)n2[C@H](C)c2ccccc2)c(N)n1. The Labute approximate surface area is 141 Å². The van der Waals surface area contributed by atoms with Crippen LogP contribution in [0.3, 0.4) is 0 Å². The summed E-state index contributed by atoms with van der Waals surface area (Å²) < 4.78 is 1.77. The Morgan fingerprint density at radius 1 is 1.25 bits per heavy atom. The highest BCUT2D eigenvalue weighted by molar-refractivity contribution is 5.85. The number of nitrogens with two attached hydrogens (primary N) is 1. The molecule has 0 aliphatic heterocycles. The molecule has 0 bridgehead atoms. The van der Waals surface area contributed by atoms with Crippen LogP contribution in [0, 0.1) is 0 Å². The van der Waals surface area contributed by atoms with E-state index < -0.39 is 0 Å². The summed E-state index contributed by atoms with van der Waals surface area (Å²) in [5, 5.41) is 0. The number of fused-ring (bicyclic) bond motifs is 1. The van der Waals surface area contributed by atoms with Gasteiger partial charge < -0.3 is 10.7 Å². The van der Waals surface area contributed by atoms with Crippen LogP contribution < -0.4 is 11.4 Å². The summed E-state index contributed by atoms with van der Waals surface area (Å²) in [5.41, 5.74) is 9.42. The molecule has 0 fully saturated rings. The van der Waals surface area contributed by atoms with Crippen molar-refractivity contribution in [2.45, 2.75) is 45.6 Å². The molecule has 24 heavy (non-hydrogen) atoms. The number of nitrogens with zero attached hydrogens (tertiary/aromatic N) is 2. The van der Waals surface area contributed by atoms with Gasteiger partial charge in [-0.15, -0.1) is 0 Å². The molecule has 5 nitrogen and oxygen atoms in total. The first-order valence-electron chi connectivity index (χ1n) is 8.56. The Balaban J connectivity index is 2.07. The van der Waals surface area contributed by atoms with Gasteiger partial charge in [-0.25, -0.2) is 9.78 Å². The van der Waals surface area contributed by atoms with E-state index in [0.717, 1.165) is 36.0 Å². The van der Waals surface area contributed by atoms with Crippen molar-refractivity contribution in [3.8, 4) is 0 Å². The van der Waals surface area contributed by atoms with Gasteiger partial charge in [0.25, 0.3) is 0 Å². The third kappa shape index (κ3) is 3.07. The van der Waals surface area contributed by atoms with Gasteiger partial charge in [0, 0.05) is 5.69 Å². The first-order valence-corrected chi connectivity index (χ1v) is 8.56. The summed E-state index contributed by atoms with van der Waals surface area (Å²) in [6, 6.07) is 11.9. The number of imidazole rings is 1. The third-order valence-corrected chi connectivity index (χ3v) is 4.50. The number of rotatable bonds is 6. The zero-order valence-electron chi connectivity index (χ0n) is 14.2. The number of anilines is 1. The molecule has 0 unspecified atom stereocenters. The smallest absolute Gasteiger partial charge is 0.327 e. The average Bonchev–Trinajstić information content (AvgIpc) is 2.92. The molecule has 0 aliphatic rings. The summed E-state index contributed by atoms with van der Waals surface area (Å²) in [4.78, 5) is 19.8. The highest BCUT2D eigenvalue weighted by Crippen LogP contribution is 2.24. The number of nitrogen functional groups attached to an aromatic ring is 1. The van der Waals surface area contributed by atoms with Gasteiger partial charge in [0.2, 0.25) is 0 Å². The van der Waals surface area contributed by atoms with Gasteiger partial charge in [-0.05, 0) is 31.4 Å². The first kappa shape index (κ1) is 16.3. The molecule has 0 amide bonds. The van der Waals surface area contributed by atoms with Crippen molar-refractivity contribution >= 4 is 16.9 Å². The number of nitrogens with one attached hydrogen (secondary N) is 1. The van der Waals surface area contributed by atoms with E-state index in [4.69, 9.17) is 5.73 Å². The predicted molar refractivity (Wildman–Crippen MR) is 98.3 cm³/mol. The molecule has 0 saturated heterocycles. The average molecular weight is 324 g/mol. The highest BCUT2D eigenvalue weighted by Gasteiger charge is 2.17. The highest BCUT2D eigenvalue weighted by atomic mass is 16.1. The Morgan fingerprint density at radius 2 is 2.00 bits per heavy atom.